The van der Waals surface area contributed by atoms with Crippen molar-refractivity contribution in [3.8, 4) is 11.5 Å². The van der Waals surface area contributed by atoms with Crippen LogP contribution in [0.3, 0.4) is 0 Å². The second kappa shape index (κ2) is 4.32. The predicted octanol–water partition coefficient (Wildman–Crippen LogP) is 0.682. The van der Waals surface area contributed by atoms with Crippen LogP contribution in [-0.2, 0) is 11.2 Å². The molecular formula is C10H6ClN2O3-. The topological polar surface area (TPSA) is 79.0 Å². The monoisotopic (exact) mass is 237 g/mol. The van der Waals surface area contributed by atoms with Crippen LogP contribution in [0, 0.1) is 0 Å². The van der Waals surface area contributed by atoms with E-state index in [0.29, 0.717) is 10.6 Å². The number of nitrogens with zero attached hydrogens (tertiary/aromatic N) is 2. The van der Waals surface area contributed by atoms with E-state index >= 15 is 0 Å². The van der Waals surface area contributed by atoms with E-state index in [9.17, 15) is 9.90 Å². The first-order chi connectivity index (χ1) is 7.65. The minimum Gasteiger partial charge on any atom is -0.550 e. The number of carboxylic acids is 1. The van der Waals surface area contributed by atoms with Crippen LogP contribution >= 0.6 is 11.6 Å². The van der Waals surface area contributed by atoms with Crippen molar-refractivity contribution in [1.29, 1.82) is 0 Å². The van der Waals surface area contributed by atoms with Gasteiger partial charge in [0.15, 0.2) is 0 Å². The Kier molecular flexibility index (Phi) is 2.87. The molecule has 5 nitrogen and oxygen atoms in total. The molecule has 0 bridgehead atoms. The summed E-state index contributed by atoms with van der Waals surface area (Å²) in [5.41, 5.74) is 0.682. The van der Waals surface area contributed by atoms with Crippen LogP contribution in [0.25, 0.3) is 11.5 Å². The fourth-order valence-corrected chi connectivity index (χ4v) is 1.28. The molecule has 0 atom stereocenters. The van der Waals surface area contributed by atoms with Gasteiger partial charge in [-0.15, -0.1) is 10.2 Å². The summed E-state index contributed by atoms with van der Waals surface area (Å²) in [4.78, 5) is 10.3. The van der Waals surface area contributed by atoms with Gasteiger partial charge in [-0.2, -0.15) is 0 Å². The van der Waals surface area contributed by atoms with Crippen LogP contribution in [0.4, 0.5) is 0 Å². The summed E-state index contributed by atoms with van der Waals surface area (Å²) in [5.74, 6) is -0.982. The lowest BCUT2D eigenvalue weighted by Gasteiger charge is -1.95. The Morgan fingerprint density at radius 3 is 2.62 bits per heavy atom. The molecule has 0 aliphatic carbocycles. The van der Waals surface area contributed by atoms with Crippen LogP contribution in [0.2, 0.25) is 5.02 Å². The highest BCUT2D eigenvalue weighted by atomic mass is 35.5. The summed E-state index contributed by atoms with van der Waals surface area (Å²) in [7, 11) is 0. The fraction of sp³-hybridized carbons (Fsp3) is 0.100. The zero-order chi connectivity index (χ0) is 11.5. The SMILES string of the molecule is O=C([O-])Cc1nnc(-c2ccc(Cl)cc2)o1. The van der Waals surface area contributed by atoms with E-state index in [2.05, 4.69) is 10.2 Å². The van der Waals surface area contributed by atoms with Crippen molar-refractivity contribution in [2.45, 2.75) is 6.42 Å². The van der Waals surface area contributed by atoms with E-state index < -0.39 is 5.97 Å². The maximum absolute atomic E-state index is 10.3. The molecular weight excluding hydrogens is 232 g/mol. The Labute approximate surface area is 95.7 Å². The van der Waals surface area contributed by atoms with Gasteiger partial charge in [-0.3, -0.25) is 0 Å². The number of hydrogen-bond acceptors (Lipinski definition) is 5. The molecule has 2 rings (SSSR count). The highest BCUT2D eigenvalue weighted by Crippen LogP contribution is 2.20. The number of benzene rings is 1. The number of hydrogen-bond donors (Lipinski definition) is 0. The first kappa shape index (κ1) is 10.6. The average molecular weight is 238 g/mol. The van der Waals surface area contributed by atoms with E-state index in [1.807, 2.05) is 0 Å². The maximum Gasteiger partial charge on any atom is 0.247 e. The Balaban J connectivity index is 2.24. The zero-order valence-electron chi connectivity index (χ0n) is 8.01. The molecule has 6 heteroatoms. The van der Waals surface area contributed by atoms with Crippen molar-refractivity contribution in [2.24, 2.45) is 0 Å². The Hall–Kier alpha value is -1.88. The Morgan fingerprint density at radius 2 is 2.00 bits per heavy atom. The molecule has 1 aromatic heterocycles. The summed E-state index contributed by atoms with van der Waals surface area (Å²) in [6.45, 7) is 0. The van der Waals surface area contributed by atoms with Crippen LogP contribution in [0.15, 0.2) is 28.7 Å². The molecule has 0 amide bonds. The molecule has 1 heterocycles. The molecule has 0 N–H and O–H groups in total. The van der Waals surface area contributed by atoms with Gasteiger partial charge >= 0.3 is 0 Å². The quantitative estimate of drug-likeness (QED) is 0.784. The first-order valence-corrected chi connectivity index (χ1v) is 4.81. The number of rotatable bonds is 3. The van der Waals surface area contributed by atoms with Crippen LogP contribution in [0.5, 0.6) is 0 Å². The molecule has 16 heavy (non-hydrogen) atoms. The van der Waals surface area contributed by atoms with Gasteiger partial charge in [0, 0.05) is 10.6 Å². The van der Waals surface area contributed by atoms with E-state index in [1.165, 1.54) is 0 Å². The van der Waals surface area contributed by atoms with Crippen LogP contribution in [0.1, 0.15) is 5.89 Å². The highest BCUT2D eigenvalue weighted by molar-refractivity contribution is 6.30. The average Bonchev–Trinajstić information content (AvgIpc) is 2.66. The Morgan fingerprint density at radius 1 is 1.31 bits per heavy atom. The van der Waals surface area contributed by atoms with Crippen LogP contribution < -0.4 is 5.11 Å². The van der Waals surface area contributed by atoms with E-state index in [-0.39, 0.29) is 18.2 Å². The van der Waals surface area contributed by atoms with Gasteiger partial charge in [0.25, 0.3) is 0 Å². The third-order valence-electron chi connectivity index (χ3n) is 1.85. The first-order valence-electron chi connectivity index (χ1n) is 4.43. The van der Waals surface area contributed by atoms with Crippen LogP contribution in [-0.4, -0.2) is 16.2 Å². The highest BCUT2D eigenvalue weighted by Gasteiger charge is 2.08. The number of carboxylic acid groups (broad SMARTS) is 1. The number of carbonyl (C=O) groups is 1. The molecule has 0 fully saturated rings. The fourth-order valence-electron chi connectivity index (χ4n) is 1.16. The second-order valence-electron chi connectivity index (χ2n) is 3.06. The molecule has 0 saturated heterocycles. The number of aromatic nitrogens is 2. The minimum absolute atomic E-state index is 0.0185. The van der Waals surface area contributed by atoms with E-state index in [4.69, 9.17) is 16.0 Å². The minimum atomic E-state index is -1.26. The van der Waals surface area contributed by atoms with Gasteiger partial charge in [-0.05, 0) is 24.3 Å². The summed E-state index contributed by atoms with van der Waals surface area (Å²) in [6.07, 6.45) is -0.388. The number of aliphatic carboxylic acids is 1. The molecule has 0 unspecified atom stereocenters. The maximum atomic E-state index is 10.3. The standard InChI is InChI=1S/C10H7ClN2O3/c11-7-3-1-6(2-4-7)10-13-12-8(16-10)5-9(14)15/h1-4H,5H2,(H,14,15)/p-1. The molecule has 0 aliphatic heterocycles. The van der Waals surface area contributed by atoms with Gasteiger partial charge < -0.3 is 14.3 Å². The number of carbonyl (C=O) groups excluding carboxylic acids is 1. The van der Waals surface area contributed by atoms with Gasteiger partial charge in [-0.25, -0.2) is 0 Å². The molecule has 1 aromatic carbocycles. The lowest BCUT2D eigenvalue weighted by Crippen LogP contribution is -2.24. The molecule has 0 spiro atoms. The summed E-state index contributed by atoms with van der Waals surface area (Å²) < 4.78 is 5.13. The van der Waals surface area contributed by atoms with E-state index in [0.717, 1.165) is 0 Å². The molecule has 82 valence electrons. The molecule has 0 radical (unpaired) electrons. The lowest BCUT2D eigenvalue weighted by atomic mass is 10.2. The Bertz CT molecular complexity index is 507. The van der Waals surface area contributed by atoms with E-state index in [1.54, 1.807) is 24.3 Å². The smallest absolute Gasteiger partial charge is 0.247 e. The van der Waals surface area contributed by atoms with Gasteiger partial charge in [0.1, 0.15) is 0 Å². The second-order valence-corrected chi connectivity index (χ2v) is 3.49. The lowest BCUT2D eigenvalue weighted by molar-refractivity contribution is -0.305. The zero-order valence-corrected chi connectivity index (χ0v) is 8.77. The molecule has 0 saturated carbocycles. The third kappa shape index (κ3) is 2.38. The number of halogens is 1. The van der Waals surface area contributed by atoms with Crippen molar-refractivity contribution in [2.75, 3.05) is 0 Å². The summed E-state index contributed by atoms with van der Waals surface area (Å²) >= 11 is 5.72. The summed E-state index contributed by atoms with van der Waals surface area (Å²) in [5, 5.41) is 18.2. The largest absolute Gasteiger partial charge is 0.550 e. The third-order valence-corrected chi connectivity index (χ3v) is 2.11. The normalized spacial score (nSPS) is 10.3. The van der Waals surface area contributed by atoms with Gasteiger partial charge in [0.05, 0.1) is 12.4 Å². The van der Waals surface area contributed by atoms with Crippen molar-refractivity contribution in [3.63, 3.8) is 0 Å². The van der Waals surface area contributed by atoms with Crippen molar-refractivity contribution < 1.29 is 14.3 Å². The van der Waals surface area contributed by atoms with Crippen molar-refractivity contribution in [3.05, 3.63) is 35.2 Å². The van der Waals surface area contributed by atoms with Gasteiger partial charge in [0.2, 0.25) is 11.8 Å². The van der Waals surface area contributed by atoms with Crippen molar-refractivity contribution >= 4 is 17.6 Å². The van der Waals surface area contributed by atoms with Crippen molar-refractivity contribution in [1.82, 2.24) is 10.2 Å². The van der Waals surface area contributed by atoms with Gasteiger partial charge in [-0.1, -0.05) is 11.6 Å². The summed E-state index contributed by atoms with van der Waals surface area (Å²) in [6, 6.07) is 6.77. The molecule has 2 aromatic rings. The molecule has 0 aliphatic rings. The predicted molar refractivity (Wildman–Crippen MR) is 53.5 cm³/mol.